The number of anilines is 1. The van der Waals surface area contributed by atoms with Gasteiger partial charge in [0.25, 0.3) is 0 Å². The van der Waals surface area contributed by atoms with Crippen LogP contribution < -0.4 is 10.2 Å². The number of hydrogen-bond donors (Lipinski definition) is 1. The lowest BCUT2D eigenvalue weighted by Gasteiger charge is -2.15. The standard InChI is InChI=1S/C21H25N3OS/c1-15-11-12-16(2)20-19(15)23-21(26-20)24(3)14-18(25)22-13-7-10-17-8-5-4-6-9-17/h4-6,8-9,11-12H,7,10,13-14H2,1-3H3,(H,22,25). The number of rotatable bonds is 7. The van der Waals surface area contributed by atoms with Crippen molar-refractivity contribution in [3.05, 3.63) is 59.2 Å². The fourth-order valence-electron chi connectivity index (χ4n) is 2.92. The minimum absolute atomic E-state index is 0.0354. The van der Waals surface area contributed by atoms with Gasteiger partial charge >= 0.3 is 0 Å². The van der Waals surface area contributed by atoms with E-state index in [-0.39, 0.29) is 5.91 Å². The number of aryl methyl sites for hydroxylation is 3. The van der Waals surface area contributed by atoms with E-state index < -0.39 is 0 Å². The molecule has 5 heteroatoms. The van der Waals surface area contributed by atoms with E-state index in [9.17, 15) is 4.79 Å². The highest BCUT2D eigenvalue weighted by Crippen LogP contribution is 2.32. The maximum atomic E-state index is 12.2. The maximum absolute atomic E-state index is 12.2. The van der Waals surface area contributed by atoms with Crippen LogP contribution in [0.5, 0.6) is 0 Å². The van der Waals surface area contributed by atoms with Gasteiger partial charge in [0.05, 0.1) is 16.8 Å². The van der Waals surface area contributed by atoms with Crippen LogP contribution in [0.25, 0.3) is 10.2 Å². The molecule has 3 aromatic rings. The summed E-state index contributed by atoms with van der Waals surface area (Å²) < 4.78 is 1.20. The molecule has 0 spiro atoms. The Morgan fingerprint density at radius 3 is 2.58 bits per heavy atom. The number of likely N-dealkylation sites (N-methyl/N-ethyl adjacent to an activating group) is 1. The Balaban J connectivity index is 1.51. The van der Waals surface area contributed by atoms with Gasteiger partial charge < -0.3 is 10.2 Å². The smallest absolute Gasteiger partial charge is 0.239 e. The monoisotopic (exact) mass is 367 g/mol. The molecule has 0 saturated carbocycles. The molecule has 0 radical (unpaired) electrons. The molecule has 0 fully saturated rings. The molecular formula is C21H25N3OS. The largest absolute Gasteiger partial charge is 0.355 e. The van der Waals surface area contributed by atoms with Crippen LogP contribution in [0.2, 0.25) is 0 Å². The number of nitrogens with zero attached hydrogens (tertiary/aromatic N) is 2. The third kappa shape index (κ3) is 4.41. The number of carbonyl (C=O) groups is 1. The minimum Gasteiger partial charge on any atom is -0.355 e. The summed E-state index contributed by atoms with van der Waals surface area (Å²) in [6.45, 7) is 5.19. The van der Waals surface area contributed by atoms with Crippen LogP contribution in [0.3, 0.4) is 0 Å². The van der Waals surface area contributed by atoms with Gasteiger partial charge in [-0.2, -0.15) is 0 Å². The van der Waals surface area contributed by atoms with Crippen molar-refractivity contribution < 1.29 is 4.79 Å². The number of hydrogen-bond acceptors (Lipinski definition) is 4. The van der Waals surface area contributed by atoms with E-state index >= 15 is 0 Å². The zero-order valence-corrected chi connectivity index (χ0v) is 16.4. The molecule has 0 saturated heterocycles. The quantitative estimate of drug-likeness (QED) is 0.640. The topological polar surface area (TPSA) is 45.2 Å². The van der Waals surface area contributed by atoms with E-state index in [2.05, 4.69) is 43.4 Å². The molecule has 0 bridgehead atoms. The first-order valence-electron chi connectivity index (χ1n) is 8.93. The number of aromatic nitrogens is 1. The average molecular weight is 368 g/mol. The Bertz CT molecular complexity index is 850. The number of thiazole rings is 1. The van der Waals surface area contributed by atoms with Crippen LogP contribution in [0.4, 0.5) is 5.13 Å². The molecule has 0 unspecified atom stereocenters. The third-order valence-electron chi connectivity index (χ3n) is 4.45. The molecular weight excluding hydrogens is 342 g/mol. The van der Waals surface area contributed by atoms with Gasteiger partial charge in [0, 0.05) is 13.6 Å². The summed E-state index contributed by atoms with van der Waals surface area (Å²) in [4.78, 5) is 18.9. The van der Waals surface area contributed by atoms with Gasteiger partial charge in [-0.3, -0.25) is 4.79 Å². The highest BCUT2D eigenvalue weighted by atomic mass is 32.1. The summed E-state index contributed by atoms with van der Waals surface area (Å²) in [5, 5.41) is 3.89. The van der Waals surface area contributed by atoms with Crippen LogP contribution in [0, 0.1) is 13.8 Å². The van der Waals surface area contributed by atoms with Crippen LogP contribution in [0.15, 0.2) is 42.5 Å². The molecule has 26 heavy (non-hydrogen) atoms. The Hall–Kier alpha value is -2.40. The van der Waals surface area contributed by atoms with Crippen molar-refractivity contribution in [2.45, 2.75) is 26.7 Å². The second-order valence-corrected chi connectivity index (χ2v) is 7.65. The number of benzene rings is 2. The SMILES string of the molecule is Cc1ccc(C)c2sc(N(C)CC(=O)NCCCc3ccccc3)nc12. The number of amides is 1. The Kier molecular flexibility index (Phi) is 5.89. The molecule has 4 nitrogen and oxygen atoms in total. The molecule has 1 amide bonds. The fourth-order valence-corrected chi connectivity index (χ4v) is 3.99. The van der Waals surface area contributed by atoms with Crippen LogP contribution in [-0.4, -0.2) is 31.0 Å². The summed E-state index contributed by atoms with van der Waals surface area (Å²) >= 11 is 1.65. The van der Waals surface area contributed by atoms with E-state index in [0.717, 1.165) is 23.5 Å². The summed E-state index contributed by atoms with van der Waals surface area (Å²) in [7, 11) is 1.92. The van der Waals surface area contributed by atoms with Crippen molar-refractivity contribution in [1.29, 1.82) is 0 Å². The van der Waals surface area contributed by atoms with E-state index in [4.69, 9.17) is 4.98 Å². The Morgan fingerprint density at radius 2 is 1.85 bits per heavy atom. The number of fused-ring (bicyclic) bond motifs is 1. The van der Waals surface area contributed by atoms with E-state index in [1.54, 1.807) is 11.3 Å². The van der Waals surface area contributed by atoms with Crippen LogP contribution in [0.1, 0.15) is 23.1 Å². The highest BCUT2D eigenvalue weighted by Gasteiger charge is 2.14. The number of carbonyl (C=O) groups excluding carboxylic acids is 1. The van der Waals surface area contributed by atoms with Crippen molar-refractivity contribution >= 4 is 32.6 Å². The summed E-state index contributed by atoms with van der Waals surface area (Å²) in [5.74, 6) is 0.0354. The van der Waals surface area contributed by atoms with Gasteiger partial charge in [-0.1, -0.05) is 53.8 Å². The lowest BCUT2D eigenvalue weighted by Crippen LogP contribution is -2.35. The fraction of sp³-hybridized carbons (Fsp3) is 0.333. The van der Waals surface area contributed by atoms with E-state index in [1.807, 2.05) is 30.1 Å². The first-order chi connectivity index (χ1) is 12.5. The average Bonchev–Trinajstić information content (AvgIpc) is 3.10. The zero-order chi connectivity index (χ0) is 18.5. The first-order valence-corrected chi connectivity index (χ1v) is 9.75. The van der Waals surface area contributed by atoms with Crippen LogP contribution >= 0.6 is 11.3 Å². The third-order valence-corrected chi connectivity index (χ3v) is 5.75. The molecule has 3 rings (SSSR count). The number of nitrogens with one attached hydrogen (secondary N) is 1. The predicted octanol–water partition coefficient (Wildman–Crippen LogP) is 4.10. The van der Waals surface area contributed by atoms with Gasteiger partial charge in [0.15, 0.2) is 5.13 Å². The molecule has 0 aliphatic heterocycles. The molecule has 136 valence electrons. The van der Waals surface area contributed by atoms with Gasteiger partial charge in [-0.25, -0.2) is 4.98 Å². The Labute approximate surface area is 158 Å². The van der Waals surface area contributed by atoms with Gasteiger partial charge in [-0.15, -0.1) is 0 Å². The zero-order valence-electron chi connectivity index (χ0n) is 15.6. The van der Waals surface area contributed by atoms with Crippen molar-refractivity contribution in [2.75, 3.05) is 25.0 Å². The molecule has 1 aromatic heterocycles. The van der Waals surface area contributed by atoms with Gasteiger partial charge in [-0.05, 0) is 43.4 Å². The van der Waals surface area contributed by atoms with Crippen molar-refractivity contribution in [3.63, 3.8) is 0 Å². The Morgan fingerprint density at radius 1 is 1.12 bits per heavy atom. The lowest BCUT2D eigenvalue weighted by molar-refractivity contribution is -0.119. The van der Waals surface area contributed by atoms with Crippen LogP contribution in [-0.2, 0) is 11.2 Å². The second kappa shape index (κ2) is 8.32. The summed E-state index contributed by atoms with van der Waals surface area (Å²) in [6.07, 6.45) is 1.92. The first kappa shape index (κ1) is 18.4. The molecule has 0 aliphatic rings. The van der Waals surface area contributed by atoms with Gasteiger partial charge in [0.1, 0.15) is 0 Å². The minimum atomic E-state index is 0.0354. The second-order valence-electron chi connectivity index (χ2n) is 6.67. The van der Waals surface area contributed by atoms with E-state index in [0.29, 0.717) is 13.1 Å². The summed E-state index contributed by atoms with van der Waals surface area (Å²) in [5.41, 5.74) is 4.75. The molecule has 0 aliphatic carbocycles. The van der Waals surface area contributed by atoms with E-state index in [1.165, 1.54) is 21.4 Å². The maximum Gasteiger partial charge on any atom is 0.239 e. The molecule has 1 N–H and O–H groups in total. The normalized spacial score (nSPS) is 10.9. The molecule has 1 heterocycles. The van der Waals surface area contributed by atoms with Crippen molar-refractivity contribution in [3.8, 4) is 0 Å². The predicted molar refractivity (Wildman–Crippen MR) is 110 cm³/mol. The van der Waals surface area contributed by atoms with Gasteiger partial charge in [0.2, 0.25) is 5.91 Å². The molecule has 2 aromatic carbocycles. The lowest BCUT2D eigenvalue weighted by atomic mass is 10.1. The summed E-state index contributed by atoms with van der Waals surface area (Å²) in [6, 6.07) is 14.6. The highest BCUT2D eigenvalue weighted by molar-refractivity contribution is 7.22. The van der Waals surface area contributed by atoms with Crippen molar-refractivity contribution in [1.82, 2.24) is 10.3 Å². The molecule has 0 atom stereocenters. The van der Waals surface area contributed by atoms with Crippen molar-refractivity contribution in [2.24, 2.45) is 0 Å².